The molecule has 1 aromatic carbocycles. The van der Waals surface area contributed by atoms with Crippen molar-refractivity contribution in [2.75, 3.05) is 38.4 Å². The number of hydrogen-bond donors (Lipinski definition) is 0. The summed E-state index contributed by atoms with van der Waals surface area (Å²) in [4.78, 5) is 2.57. The summed E-state index contributed by atoms with van der Waals surface area (Å²) in [7, 11) is -1.51. The second-order valence-corrected chi connectivity index (χ2v) is 10.4. The second-order valence-electron chi connectivity index (χ2n) is 7.96. The number of nitrogens with zero attached hydrogens (tertiary/aromatic N) is 2. The Morgan fingerprint density at radius 3 is 2.93 bits per heavy atom. The van der Waals surface area contributed by atoms with Crippen molar-refractivity contribution in [3.63, 3.8) is 0 Å². The zero-order chi connectivity index (χ0) is 19.0. The summed E-state index contributed by atoms with van der Waals surface area (Å²) in [5, 5.41) is 0. The van der Waals surface area contributed by atoms with Gasteiger partial charge in [-0.25, -0.2) is 8.42 Å². The van der Waals surface area contributed by atoms with Gasteiger partial charge in [-0.1, -0.05) is 12.1 Å². The van der Waals surface area contributed by atoms with Gasteiger partial charge in [-0.3, -0.25) is 4.90 Å². The monoisotopic (exact) mass is 412 g/mol. The average molecular weight is 413 g/mol. The number of benzene rings is 1. The summed E-state index contributed by atoms with van der Waals surface area (Å²) >= 11 is 5.76. The van der Waals surface area contributed by atoms with Crippen molar-refractivity contribution in [3.05, 3.63) is 29.3 Å². The Morgan fingerprint density at radius 1 is 1.30 bits per heavy atom. The number of fused-ring (bicyclic) bond motifs is 4. The molecule has 3 aliphatic rings. The molecule has 3 aliphatic heterocycles. The van der Waals surface area contributed by atoms with Gasteiger partial charge < -0.3 is 4.74 Å². The van der Waals surface area contributed by atoms with E-state index >= 15 is 0 Å². The second kappa shape index (κ2) is 7.90. The van der Waals surface area contributed by atoms with Gasteiger partial charge in [-0.05, 0) is 49.7 Å². The first-order valence-electron chi connectivity index (χ1n) is 10.0. The Labute approximate surface area is 167 Å². The Kier molecular flexibility index (Phi) is 5.70. The maximum absolute atomic E-state index is 12.9. The zero-order valence-electron chi connectivity index (χ0n) is 15.9. The fourth-order valence-corrected chi connectivity index (χ4v) is 7.43. The molecule has 27 heavy (non-hydrogen) atoms. The summed E-state index contributed by atoms with van der Waals surface area (Å²) < 4.78 is 33.3. The fourth-order valence-electron chi connectivity index (χ4n) is 5.31. The Morgan fingerprint density at radius 2 is 2.15 bits per heavy atom. The van der Waals surface area contributed by atoms with Crippen LogP contribution in [0.15, 0.2) is 18.2 Å². The first-order chi connectivity index (χ1) is 13.0. The van der Waals surface area contributed by atoms with Gasteiger partial charge in [0.1, 0.15) is 5.75 Å². The van der Waals surface area contributed by atoms with Crippen molar-refractivity contribution in [2.45, 2.75) is 44.2 Å². The molecule has 0 spiro atoms. The maximum Gasteiger partial charge on any atom is 0.214 e. The van der Waals surface area contributed by atoms with Crippen LogP contribution in [0.5, 0.6) is 5.75 Å². The lowest BCUT2D eigenvalue weighted by Crippen LogP contribution is -2.57. The first kappa shape index (κ1) is 19.5. The van der Waals surface area contributed by atoms with Crippen LogP contribution in [-0.4, -0.2) is 62.0 Å². The van der Waals surface area contributed by atoms with Crippen LogP contribution < -0.4 is 4.74 Å². The Balaban J connectivity index is 1.63. The number of alkyl halides is 1. The van der Waals surface area contributed by atoms with Crippen molar-refractivity contribution in [1.29, 1.82) is 0 Å². The van der Waals surface area contributed by atoms with Gasteiger partial charge in [0.05, 0.1) is 12.9 Å². The predicted molar refractivity (Wildman–Crippen MR) is 108 cm³/mol. The van der Waals surface area contributed by atoms with Gasteiger partial charge in [-0.15, -0.1) is 11.6 Å². The van der Waals surface area contributed by atoms with Crippen molar-refractivity contribution >= 4 is 21.6 Å². The summed E-state index contributed by atoms with van der Waals surface area (Å²) in [6, 6.07) is 6.68. The number of sulfonamides is 1. The lowest BCUT2D eigenvalue weighted by Gasteiger charge is -2.51. The first-order valence-corrected chi connectivity index (χ1v) is 12.1. The van der Waals surface area contributed by atoms with E-state index in [0.717, 1.165) is 44.5 Å². The lowest BCUT2D eigenvalue weighted by atomic mass is 9.77. The van der Waals surface area contributed by atoms with Crippen LogP contribution in [0.3, 0.4) is 0 Å². The molecule has 5 nitrogen and oxygen atoms in total. The van der Waals surface area contributed by atoms with Crippen LogP contribution in [0.25, 0.3) is 0 Å². The molecule has 3 heterocycles. The quantitative estimate of drug-likeness (QED) is 0.697. The molecule has 3 atom stereocenters. The number of ether oxygens (including phenoxy) is 1. The molecule has 0 N–H and O–H groups in total. The minimum Gasteiger partial charge on any atom is -0.496 e. The molecule has 0 radical (unpaired) electrons. The van der Waals surface area contributed by atoms with Crippen molar-refractivity contribution in [1.82, 2.24) is 9.21 Å². The van der Waals surface area contributed by atoms with E-state index in [0.29, 0.717) is 24.8 Å². The molecule has 0 aromatic heterocycles. The molecule has 150 valence electrons. The summed E-state index contributed by atoms with van der Waals surface area (Å²) in [5.41, 5.74) is 2.62. The van der Waals surface area contributed by atoms with E-state index in [-0.39, 0.29) is 17.8 Å². The van der Waals surface area contributed by atoms with Crippen LogP contribution in [0.1, 0.15) is 42.9 Å². The van der Waals surface area contributed by atoms with Crippen molar-refractivity contribution in [3.8, 4) is 5.75 Å². The molecule has 4 rings (SSSR count). The number of hydrogen-bond acceptors (Lipinski definition) is 4. The summed E-state index contributed by atoms with van der Waals surface area (Å²) in [5.74, 6) is 1.96. The number of methoxy groups -OCH3 is 1. The van der Waals surface area contributed by atoms with Gasteiger partial charge in [0.15, 0.2) is 0 Å². The molecule has 0 saturated carbocycles. The fraction of sp³-hybridized carbons (Fsp3) is 0.700. The van der Waals surface area contributed by atoms with Crippen LogP contribution in [0, 0.1) is 5.92 Å². The maximum atomic E-state index is 12.9. The Hall–Kier alpha value is -0.820. The van der Waals surface area contributed by atoms with Crippen molar-refractivity contribution < 1.29 is 13.2 Å². The molecule has 0 aliphatic carbocycles. The van der Waals surface area contributed by atoms with Gasteiger partial charge in [-0.2, -0.15) is 4.31 Å². The summed E-state index contributed by atoms with van der Waals surface area (Å²) in [6.07, 6.45) is 4.49. The highest BCUT2D eigenvalue weighted by Crippen LogP contribution is 2.45. The molecule has 0 bridgehead atoms. The normalized spacial score (nSPS) is 28.9. The predicted octanol–water partition coefficient (Wildman–Crippen LogP) is 3.04. The van der Waals surface area contributed by atoms with E-state index in [1.807, 2.05) is 10.4 Å². The van der Waals surface area contributed by atoms with Crippen LogP contribution >= 0.6 is 11.6 Å². The standard InChI is InChI=1S/C20H29ClN2O3S/c1-26-20-7-2-6-16-17(20)8-11-22-14-15-5-3-10-23(18(15)13-19(16)22)27(24,25)12-4-9-21/h2,6-7,15,18-19H,3-5,8-14H2,1H3/t15-,18+,19-/m0/s1. The molecular formula is C20H29ClN2O3S. The molecule has 2 fully saturated rings. The SMILES string of the molecule is COc1cccc2c1CCN1C[C@@H]3CCCN(S(=O)(=O)CCCCl)[C@@H]3C[C@@H]21. The third kappa shape index (κ3) is 3.61. The van der Waals surface area contributed by atoms with Crippen LogP contribution in [0.2, 0.25) is 0 Å². The minimum atomic E-state index is -3.24. The molecular weight excluding hydrogens is 384 g/mol. The highest BCUT2D eigenvalue weighted by molar-refractivity contribution is 7.89. The van der Waals surface area contributed by atoms with Gasteiger partial charge >= 0.3 is 0 Å². The smallest absolute Gasteiger partial charge is 0.214 e. The highest BCUT2D eigenvalue weighted by Gasteiger charge is 2.45. The third-order valence-electron chi connectivity index (χ3n) is 6.53. The van der Waals surface area contributed by atoms with Gasteiger partial charge in [0, 0.05) is 43.2 Å². The average Bonchev–Trinajstić information content (AvgIpc) is 2.69. The van der Waals surface area contributed by atoms with E-state index in [1.165, 1.54) is 11.1 Å². The van der Waals surface area contributed by atoms with Crippen LogP contribution in [0.4, 0.5) is 0 Å². The molecule has 7 heteroatoms. The van der Waals surface area contributed by atoms with E-state index < -0.39 is 10.0 Å². The lowest BCUT2D eigenvalue weighted by molar-refractivity contribution is 0.0217. The minimum absolute atomic E-state index is 0.109. The highest BCUT2D eigenvalue weighted by atomic mass is 35.5. The van der Waals surface area contributed by atoms with E-state index in [9.17, 15) is 8.42 Å². The Bertz CT molecular complexity index is 785. The number of rotatable bonds is 5. The topological polar surface area (TPSA) is 49.9 Å². The zero-order valence-corrected chi connectivity index (χ0v) is 17.5. The number of piperidine rings is 2. The van der Waals surface area contributed by atoms with E-state index in [1.54, 1.807) is 7.11 Å². The molecule has 0 amide bonds. The van der Waals surface area contributed by atoms with Gasteiger partial charge in [0.2, 0.25) is 10.0 Å². The largest absolute Gasteiger partial charge is 0.496 e. The molecule has 1 aromatic rings. The molecule has 2 saturated heterocycles. The molecule has 0 unspecified atom stereocenters. The third-order valence-corrected chi connectivity index (χ3v) is 8.77. The van der Waals surface area contributed by atoms with Crippen LogP contribution in [-0.2, 0) is 16.4 Å². The van der Waals surface area contributed by atoms with Crippen molar-refractivity contribution in [2.24, 2.45) is 5.92 Å². The number of halogens is 1. The van der Waals surface area contributed by atoms with Gasteiger partial charge in [0.25, 0.3) is 0 Å². The summed E-state index contributed by atoms with van der Waals surface area (Å²) in [6.45, 7) is 2.68. The van der Waals surface area contributed by atoms with E-state index in [2.05, 4.69) is 17.0 Å². The van der Waals surface area contributed by atoms with E-state index in [4.69, 9.17) is 16.3 Å².